The van der Waals surface area contributed by atoms with Gasteiger partial charge in [-0.1, -0.05) is 30.1 Å². The van der Waals surface area contributed by atoms with Gasteiger partial charge in [0.25, 0.3) is 0 Å². The summed E-state index contributed by atoms with van der Waals surface area (Å²) in [6.45, 7) is 3.36. The average Bonchev–Trinajstić information content (AvgIpc) is 2.01. The number of Topliss-reactive ketones (excluding diaryl/α,β-unsaturated/α-hetero) is 1. The lowest BCUT2D eigenvalue weighted by atomic mass is 10.2. The van der Waals surface area contributed by atoms with E-state index in [1.807, 2.05) is 6.92 Å². The normalized spacial score (nSPS) is 13.2. The van der Waals surface area contributed by atoms with Crippen LogP contribution in [0, 0.1) is 0 Å². The van der Waals surface area contributed by atoms with E-state index in [0.29, 0.717) is 6.42 Å². The Morgan fingerprint density at radius 1 is 1.19 bits per heavy atom. The fourth-order valence-corrected chi connectivity index (χ4v) is 1.87. The molecule has 0 radical (unpaired) electrons. The summed E-state index contributed by atoms with van der Waals surface area (Å²) in [5, 5.41) is 0. The number of carbonyl (C=O) groups excluding carboxylic acids is 1. The van der Waals surface area contributed by atoms with Crippen LogP contribution >= 0.6 is 46.4 Å². The van der Waals surface area contributed by atoms with E-state index < -0.39 is 8.79 Å². The molecule has 0 bridgehead atoms. The Hall–Kier alpha value is 1.08. The second-order valence-electron chi connectivity index (χ2n) is 4.12. The van der Waals surface area contributed by atoms with Crippen LogP contribution in [0.1, 0.15) is 20.3 Å². The maximum absolute atomic E-state index is 11.2. The number of quaternary nitrogens is 1. The first-order chi connectivity index (χ1) is 6.46. The number of halogens is 5. The van der Waals surface area contributed by atoms with Crippen molar-refractivity contribution in [2.45, 2.75) is 29.1 Å². The molecule has 0 aromatic rings. The molecule has 0 aliphatic carbocycles. The Labute approximate surface area is 123 Å². The molecule has 16 heavy (non-hydrogen) atoms. The number of alkyl halides is 4. The standard InChI is InChI=1S/C9H16Cl4NO.ClH/c1-5-9(12,13)14(3,4)6-8(10,11)7(2)15;/h5-6H2,1-4H3;1H/q+1;/p-1. The molecule has 0 amide bonds. The third-order valence-corrected chi connectivity index (χ3v) is 4.64. The number of hydrogen-bond donors (Lipinski definition) is 0. The highest BCUT2D eigenvalue weighted by Crippen LogP contribution is 2.37. The molecule has 0 saturated heterocycles. The summed E-state index contributed by atoms with van der Waals surface area (Å²) >= 11 is 24.1. The van der Waals surface area contributed by atoms with Crippen molar-refractivity contribution in [2.75, 3.05) is 20.6 Å². The Morgan fingerprint density at radius 2 is 1.56 bits per heavy atom. The highest BCUT2D eigenvalue weighted by molar-refractivity contribution is 6.58. The zero-order chi connectivity index (χ0) is 12.5. The summed E-state index contributed by atoms with van der Waals surface area (Å²) in [7, 11) is 3.57. The van der Waals surface area contributed by atoms with Gasteiger partial charge in [-0.2, -0.15) is 0 Å². The molecule has 0 N–H and O–H groups in total. The molecule has 7 heteroatoms. The van der Waals surface area contributed by atoms with E-state index in [1.165, 1.54) is 6.92 Å². The molecule has 0 saturated carbocycles. The number of hydrogen-bond acceptors (Lipinski definition) is 1. The van der Waals surface area contributed by atoms with Gasteiger partial charge in [0.1, 0.15) is 6.54 Å². The Bertz CT molecular complexity index is 252. The van der Waals surface area contributed by atoms with Crippen LogP contribution in [0.5, 0.6) is 0 Å². The second kappa shape index (κ2) is 6.31. The van der Waals surface area contributed by atoms with Crippen LogP contribution < -0.4 is 12.4 Å². The van der Waals surface area contributed by atoms with Crippen LogP contribution in [0.3, 0.4) is 0 Å². The third kappa shape index (κ3) is 4.75. The quantitative estimate of drug-likeness (QED) is 0.404. The summed E-state index contributed by atoms with van der Waals surface area (Å²) in [4.78, 5) is 11.2. The van der Waals surface area contributed by atoms with E-state index in [-0.39, 0.29) is 29.2 Å². The Morgan fingerprint density at radius 3 is 1.81 bits per heavy atom. The van der Waals surface area contributed by atoms with Crippen molar-refractivity contribution in [2.24, 2.45) is 0 Å². The molecule has 0 aliphatic heterocycles. The molecule has 0 aromatic heterocycles. The van der Waals surface area contributed by atoms with Gasteiger partial charge in [-0.3, -0.25) is 9.28 Å². The second-order valence-corrected chi connectivity index (χ2v) is 7.05. The molecule has 0 aromatic carbocycles. The first kappa shape index (κ1) is 19.4. The molecular weight excluding hydrogens is 315 g/mol. The lowest BCUT2D eigenvalue weighted by Crippen LogP contribution is -3.00. The molecule has 0 rings (SSSR count). The van der Waals surface area contributed by atoms with Gasteiger partial charge in [-0.25, -0.2) is 0 Å². The van der Waals surface area contributed by atoms with Crippen LogP contribution in [-0.2, 0) is 4.79 Å². The van der Waals surface area contributed by atoms with Crippen molar-refractivity contribution < 1.29 is 21.7 Å². The zero-order valence-electron chi connectivity index (χ0n) is 9.66. The van der Waals surface area contributed by atoms with Crippen LogP contribution in [0.15, 0.2) is 0 Å². The van der Waals surface area contributed by atoms with Gasteiger partial charge >= 0.3 is 0 Å². The van der Waals surface area contributed by atoms with E-state index in [1.54, 1.807) is 14.1 Å². The minimum atomic E-state index is -1.45. The molecule has 98 valence electrons. The van der Waals surface area contributed by atoms with Crippen LogP contribution in [0.4, 0.5) is 0 Å². The third-order valence-electron chi connectivity index (χ3n) is 2.42. The topological polar surface area (TPSA) is 17.1 Å². The summed E-state index contributed by atoms with van der Waals surface area (Å²) < 4.78 is -2.31. The van der Waals surface area contributed by atoms with Gasteiger partial charge in [0.05, 0.1) is 14.1 Å². The first-order valence-electron chi connectivity index (χ1n) is 4.56. The fourth-order valence-electron chi connectivity index (χ4n) is 1.15. The van der Waals surface area contributed by atoms with Crippen molar-refractivity contribution in [1.29, 1.82) is 0 Å². The van der Waals surface area contributed by atoms with Gasteiger partial charge in [-0.05, 0) is 30.1 Å². The van der Waals surface area contributed by atoms with Gasteiger partial charge in [0, 0.05) is 6.42 Å². The summed E-state index contributed by atoms with van der Waals surface area (Å²) in [5.74, 6) is -0.308. The van der Waals surface area contributed by atoms with Crippen LogP contribution in [0.2, 0.25) is 0 Å². The molecular formula is C9H16Cl5NO. The smallest absolute Gasteiger partial charge is 0.250 e. The van der Waals surface area contributed by atoms with E-state index >= 15 is 0 Å². The minimum Gasteiger partial charge on any atom is -1.00 e. The summed E-state index contributed by atoms with van der Waals surface area (Å²) in [6, 6.07) is 0. The van der Waals surface area contributed by atoms with Crippen LogP contribution in [-0.4, -0.2) is 39.7 Å². The maximum atomic E-state index is 11.2. The largest absolute Gasteiger partial charge is 1.00 e. The van der Waals surface area contributed by atoms with E-state index in [0.717, 1.165) is 0 Å². The van der Waals surface area contributed by atoms with Crippen molar-refractivity contribution in [1.82, 2.24) is 0 Å². The van der Waals surface area contributed by atoms with Gasteiger partial charge in [0.15, 0.2) is 5.78 Å². The summed E-state index contributed by atoms with van der Waals surface area (Å²) in [6.07, 6.45) is 0.533. The highest BCUT2D eigenvalue weighted by atomic mass is 35.5. The van der Waals surface area contributed by atoms with Crippen LogP contribution in [0.25, 0.3) is 0 Å². The SMILES string of the molecule is CCC(Cl)(Cl)[N+](C)(C)CC(Cl)(Cl)C(C)=O.[Cl-]. The predicted octanol–water partition coefficient (Wildman–Crippen LogP) is 0.371. The Kier molecular flexibility index (Phi) is 7.65. The van der Waals surface area contributed by atoms with E-state index in [2.05, 4.69) is 0 Å². The van der Waals surface area contributed by atoms with Crippen molar-refractivity contribution in [3.05, 3.63) is 0 Å². The van der Waals surface area contributed by atoms with Crippen molar-refractivity contribution in [3.63, 3.8) is 0 Å². The molecule has 0 atom stereocenters. The molecule has 0 spiro atoms. The minimum absolute atomic E-state index is 0. The monoisotopic (exact) mass is 329 g/mol. The number of ketones is 1. The lowest BCUT2D eigenvalue weighted by Gasteiger charge is -2.42. The zero-order valence-corrected chi connectivity index (χ0v) is 13.4. The maximum Gasteiger partial charge on any atom is 0.250 e. The van der Waals surface area contributed by atoms with Gasteiger partial charge in [0.2, 0.25) is 8.79 Å². The molecule has 0 fully saturated rings. The van der Waals surface area contributed by atoms with E-state index in [4.69, 9.17) is 46.4 Å². The molecule has 0 aliphatic rings. The van der Waals surface area contributed by atoms with Gasteiger partial charge < -0.3 is 12.4 Å². The fraction of sp³-hybridized carbons (Fsp3) is 0.889. The number of carbonyl (C=O) groups is 1. The number of nitrogens with zero attached hydrogens (tertiary/aromatic N) is 1. The molecule has 0 unspecified atom stereocenters. The molecule has 2 nitrogen and oxygen atoms in total. The molecule has 0 heterocycles. The van der Waals surface area contributed by atoms with Crippen molar-refractivity contribution in [3.8, 4) is 0 Å². The highest BCUT2D eigenvalue weighted by Gasteiger charge is 2.47. The average molecular weight is 331 g/mol. The predicted molar refractivity (Wildman–Crippen MR) is 66.8 cm³/mol. The van der Waals surface area contributed by atoms with E-state index in [9.17, 15) is 4.79 Å². The van der Waals surface area contributed by atoms with Crippen molar-refractivity contribution >= 4 is 52.2 Å². The number of rotatable bonds is 5. The summed E-state index contributed by atoms with van der Waals surface area (Å²) in [5.41, 5.74) is 0. The lowest BCUT2D eigenvalue weighted by molar-refractivity contribution is -0.913. The Balaban J connectivity index is 0. The first-order valence-corrected chi connectivity index (χ1v) is 6.07. The van der Waals surface area contributed by atoms with Gasteiger partial charge in [-0.15, -0.1) is 0 Å².